The smallest absolute Gasteiger partial charge is 0.257 e. The quantitative estimate of drug-likeness (QED) is 0.453. The van der Waals surface area contributed by atoms with E-state index >= 15 is 0 Å². The minimum Gasteiger partial charge on any atom is -0.457 e. The summed E-state index contributed by atoms with van der Waals surface area (Å²) in [6.07, 6.45) is 0. The van der Waals surface area contributed by atoms with E-state index in [1.54, 1.807) is 6.07 Å². The largest absolute Gasteiger partial charge is 0.457 e. The molecular formula is C22H21IN2O2. The Morgan fingerprint density at radius 3 is 2.44 bits per heavy atom. The van der Waals surface area contributed by atoms with Gasteiger partial charge in [0.05, 0.1) is 11.3 Å². The van der Waals surface area contributed by atoms with Gasteiger partial charge in [-0.25, -0.2) is 0 Å². The Morgan fingerprint density at radius 1 is 1.04 bits per heavy atom. The summed E-state index contributed by atoms with van der Waals surface area (Å²) in [5.74, 6) is 1.57. The van der Waals surface area contributed by atoms with Gasteiger partial charge in [-0.3, -0.25) is 9.78 Å². The summed E-state index contributed by atoms with van der Waals surface area (Å²) in [5, 5.41) is 2.92. The zero-order valence-electron chi connectivity index (χ0n) is 15.5. The number of benzene rings is 2. The summed E-state index contributed by atoms with van der Waals surface area (Å²) < 4.78 is 7.01. The Hall–Kier alpha value is -2.41. The molecule has 0 bridgehead atoms. The summed E-state index contributed by atoms with van der Waals surface area (Å²) >= 11 is 2.25. The van der Waals surface area contributed by atoms with Gasteiger partial charge in [-0.1, -0.05) is 19.9 Å². The first-order valence-corrected chi connectivity index (χ1v) is 9.82. The molecule has 0 saturated carbocycles. The van der Waals surface area contributed by atoms with Crippen molar-refractivity contribution in [3.8, 4) is 11.5 Å². The van der Waals surface area contributed by atoms with E-state index in [0.29, 0.717) is 22.9 Å². The molecule has 1 aromatic heterocycles. The van der Waals surface area contributed by atoms with Gasteiger partial charge in [0.2, 0.25) is 0 Å². The van der Waals surface area contributed by atoms with E-state index in [4.69, 9.17) is 4.74 Å². The third kappa shape index (κ3) is 5.07. The molecule has 0 saturated heterocycles. The second-order valence-corrected chi connectivity index (χ2v) is 7.81. The number of aromatic nitrogens is 1. The first-order chi connectivity index (χ1) is 12.9. The van der Waals surface area contributed by atoms with Crippen molar-refractivity contribution in [3.05, 3.63) is 81.2 Å². The van der Waals surface area contributed by atoms with Crippen molar-refractivity contribution in [2.24, 2.45) is 0 Å². The number of nitrogens with zero attached hydrogens (tertiary/aromatic N) is 1. The molecule has 0 aliphatic carbocycles. The van der Waals surface area contributed by atoms with Crippen LogP contribution in [0.25, 0.3) is 0 Å². The van der Waals surface area contributed by atoms with E-state index in [2.05, 4.69) is 46.7 Å². The molecule has 0 aliphatic heterocycles. The van der Waals surface area contributed by atoms with Crippen molar-refractivity contribution in [3.63, 3.8) is 0 Å². The zero-order chi connectivity index (χ0) is 19.4. The normalized spacial score (nSPS) is 10.7. The van der Waals surface area contributed by atoms with E-state index < -0.39 is 0 Å². The number of amides is 1. The lowest BCUT2D eigenvalue weighted by Crippen LogP contribution is -2.14. The Balaban J connectivity index is 1.74. The molecule has 5 heteroatoms. The molecule has 27 heavy (non-hydrogen) atoms. The molecular weight excluding hydrogens is 451 g/mol. The number of aryl methyl sites for hydroxylation is 1. The van der Waals surface area contributed by atoms with Crippen LogP contribution in [-0.4, -0.2) is 10.9 Å². The van der Waals surface area contributed by atoms with Crippen LogP contribution in [0.2, 0.25) is 0 Å². The molecule has 0 aliphatic rings. The van der Waals surface area contributed by atoms with Crippen LogP contribution in [-0.2, 0) is 0 Å². The van der Waals surface area contributed by atoms with Crippen molar-refractivity contribution in [2.45, 2.75) is 26.7 Å². The lowest BCUT2D eigenvalue weighted by Gasteiger charge is -2.11. The van der Waals surface area contributed by atoms with Crippen molar-refractivity contribution >= 4 is 34.2 Å². The third-order valence-electron chi connectivity index (χ3n) is 4.08. The van der Waals surface area contributed by atoms with Crippen molar-refractivity contribution < 1.29 is 9.53 Å². The lowest BCUT2D eigenvalue weighted by molar-refractivity contribution is 0.102. The van der Waals surface area contributed by atoms with Gasteiger partial charge in [0.25, 0.3) is 5.91 Å². The molecule has 3 aromatic rings. The number of hydrogen-bond donors (Lipinski definition) is 1. The summed E-state index contributed by atoms with van der Waals surface area (Å²) in [5.41, 5.74) is 2.96. The molecule has 0 unspecified atom stereocenters. The molecule has 2 aromatic carbocycles. The van der Waals surface area contributed by atoms with Crippen LogP contribution in [0.1, 0.15) is 41.5 Å². The number of hydrogen-bond acceptors (Lipinski definition) is 3. The lowest BCUT2D eigenvalue weighted by atomic mass is 10.1. The fourth-order valence-electron chi connectivity index (χ4n) is 2.62. The average molecular weight is 472 g/mol. The van der Waals surface area contributed by atoms with Crippen LogP contribution in [0, 0.1) is 10.5 Å². The minimum absolute atomic E-state index is 0.179. The Kier molecular flexibility index (Phi) is 6.11. The number of carbonyl (C=O) groups excluding carboxylic acids is 1. The number of carbonyl (C=O) groups is 1. The van der Waals surface area contributed by atoms with Gasteiger partial charge in [0, 0.05) is 21.0 Å². The highest BCUT2D eigenvalue weighted by Crippen LogP contribution is 2.25. The summed E-state index contributed by atoms with van der Waals surface area (Å²) in [6, 6.07) is 18.9. The van der Waals surface area contributed by atoms with Crippen molar-refractivity contribution in [1.82, 2.24) is 4.98 Å². The van der Waals surface area contributed by atoms with Crippen LogP contribution >= 0.6 is 22.6 Å². The molecule has 0 atom stereocenters. The van der Waals surface area contributed by atoms with Crippen molar-refractivity contribution in [1.29, 1.82) is 0 Å². The molecule has 0 fully saturated rings. The molecule has 138 valence electrons. The van der Waals surface area contributed by atoms with Crippen LogP contribution in [0.5, 0.6) is 11.5 Å². The topological polar surface area (TPSA) is 51.2 Å². The van der Waals surface area contributed by atoms with Crippen LogP contribution in [0.3, 0.4) is 0 Å². The fraction of sp³-hybridized carbons (Fsp3) is 0.182. The molecule has 1 heterocycles. The first kappa shape index (κ1) is 19.4. The Labute approximate surface area is 173 Å². The molecule has 0 radical (unpaired) electrons. The molecule has 3 rings (SSSR count). The highest BCUT2D eigenvalue weighted by Gasteiger charge is 2.12. The Bertz CT molecular complexity index is 953. The third-order valence-corrected chi connectivity index (χ3v) is 4.80. The second-order valence-electron chi connectivity index (χ2n) is 6.56. The van der Waals surface area contributed by atoms with E-state index in [-0.39, 0.29) is 5.91 Å². The summed E-state index contributed by atoms with van der Waals surface area (Å²) in [4.78, 5) is 17.2. The number of pyridine rings is 1. The predicted octanol–water partition coefficient (Wildman–Crippen LogP) is 6.16. The molecule has 1 N–H and O–H groups in total. The monoisotopic (exact) mass is 472 g/mol. The van der Waals surface area contributed by atoms with Crippen LogP contribution in [0.4, 0.5) is 5.69 Å². The number of ether oxygens (including phenoxy) is 1. The maximum Gasteiger partial charge on any atom is 0.257 e. The minimum atomic E-state index is -0.179. The zero-order valence-corrected chi connectivity index (χ0v) is 17.7. The van der Waals surface area contributed by atoms with Gasteiger partial charge < -0.3 is 10.1 Å². The highest BCUT2D eigenvalue weighted by atomic mass is 127. The number of halogens is 1. The standard InChI is InChI=1S/C22H21IN2O2/c1-14(2)21-12-11-20(15(3)24-21)22(26)25-17-5-4-6-19(13-17)27-18-9-7-16(23)8-10-18/h4-14H,1-3H3,(H,25,26). The number of anilines is 1. The fourth-order valence-corrected chi connectivity index (χ4v) is 2.98. The van der Waals surface area contributed by atoms with E-state index in [1.807, 2.05) is 61.5 Å². The number of rotatable bonds is 5. The van der Waals surface area contributed by atoms with Crippen molar-refractivity contribution in [2.75, 3.05) is 5.32 Å². The van der Waals surface area contributed by atoms with Gasteiger partial charge in [0.1, 0.15) is 11.5 Å². The maximum atomic E-state index is 12.6. The molecule has 0 spiro atoms. The van der Waals surface area contributed by atoms with Crippen LogP contribution < -0.4 is 10.1 Å². The Morgan fingerprint density at radius 2 is 1.78 bits per heavy atom. The average Bonchev–Trinajstić information content (AvgIpc) is 2.63. The van der Waals surface area contributed by atoms with Gasteiger partial charge >= 0.3 is 0 Å². The first-order valence-electron chi connectivity index (χ1n) is 8.75. The maximum absolute atomic E-state index is 12.6. The predicted molar refractivity (Wildman–Crippen MR) is 117 cm³/mol. The van der Waals surface area contributed by atoms with Crippen LogP contribution in [0.15, 0.2) is 60.7 Å². The summed E-state index contributed by atoms with van der Waals surface area (Å²) in [6.45, 7) is 6.03. The van der Waals surface area contributed by atoms with Gasteiger partial charge in [-0.05, 0) is 84.0 Å². The van der Waals surface area contributed by atoms with E-state index in [0.717, 1.165) is 20.7 Å². The van der Waals surface area contributed by atoms with E-state index in [9.17, 15) is 4.79 Å². The molecule has 1 amide bonds. The second kappa shape index (κ2) is 8.52. The SMILES string of the molecule is Cc1nc(C(C)C)ccc1C(=O)Nc1cccc(Oc2ccc(I)cc2)c1. The van der Waals surface area contributed by atoms with Gasteiger partial charge in [-0.2, -0.15) is 0 Å². The van der Waals surface area contributed by atoms with Gasteiger partial charge in [-0.15, -0.1) is 0 Å². The molecule has 4 nitrogen and oxygen atoms in total. The number of nitrogens with one attached hydrogen (secondary N) is 1. The van der Waals surface area contributed by atoms with Gasteiger partial charge in [0.15, 0.2) is 0 Å². The highest BCUT2D eigenvalue weighted by molar-refractivity contribution is 14.1. The summed E-state index contributed by atoms with van der Waals surface area (Å²) in [7, 11) is 0. The van der Waals surface area contributed by atoms with E-state index in [1.165, 1.54) is 0 Å².